The minimum absolute atomic E-state index is 0.634. The molecule has 3 heteroatoms. The molecule has 0 aliphatic carbocycles. The third-order valence-electron chi connectivity index (χ3n) is 9.30. The van der Waals surface area contributed by atoms with Crippen LogP contribution in [-0.4, -0.2) is 15.0 Å². The van der Waals surface area contributed by atoms with Crippen LogP contribution >= 0.6 is 0 Å². The molecular formula is C47H31N3. The van der Waals surface area contributed by atoms with E-state index in [1.54, 1.807) is 0 Å². The fourth-order valence-corrected chi connectivity index (χ4v) is 6.81. The molecular weight excluding hydrogens is 607 g/mol. The second-order valence-corrected chi connectivity index (χ2v) is 12.5. The van der Waals surface area contributed by atoms with Crippen LogP contribution in [0.15, 0.2) is 188 Å². The van der Waals surface area contributed by atoms with E-state index < -0.39 is 0 Å². The lowest BCUT2D eigenvalue weighted by molar-refractivity contribution is 1.08. The van der Waals surface area contributed by atoms with Gasteiger partial charge in [-0.1, -0.05) is 164 Å². The van der Waals surface area contributed by atoms with Gasteiger partial charge < -0.3 is 0 Å². The summed E-state index contributed by atoms with van der Waals surface area (Å²) in [6.45, 7) is 0. The standard InChI is InChI=1S/C47H31N3/c1-3-14-32(15-4-1)38-29-39(33-16-5-2-6-17-33)31-40(30-38)36-22-11-23-37(28-36)45-48-46(43-26-12-20-34-18-7-9-24-41(34)43)50-47(49-45)44-27-13-21-35-19-8-10-25-42(35)44/h1-31H. The van der Waals surface area contributed by atoms with Gasteiger partial charge in [0.1, 0.15) is 0 Å². The Morgan fingerprint density at radius 2 is 0.600 bits per heavy atom. The highest BCUT2D eigenvalue weighted by Crippen LogP contribution is 2.36. The van der Waals surface area contributed by atoms with Gasteiger partial charge in [-0.3, -0.25) is 0 Å². The van der Waals surface area contributed by atoms with Crippen LogP contribution in [0.2, 0.25) is 0 Å². The molecule has 1 heterocycles. The van der Waals surface area contributed by atoms with Gasteiger partial charge in [0.2, 0.25) is 0 Å². The lowest BCUT2D eigenvalue weighted by Gasteiger charge is -2.13. The number of nitrogens with zero attached hydrogens (tertiary/aromatic N) is 3. The molecule has 0 fully saturated rings. The van der Waals surface area contributed by atoms with E-state index in [-0.39, 0.29) is 0 Å². The summed E-state index contributed by atoms with van der Waals surface area (Å²) in [5.41, 5.74) is 9.81. The van der Waals surface area contributed by atoms with Crippen LogP contribution in [0.25, 0.3) is 89.1 Å². The largest absolute Gasteiger partial charge is 0.208 e. The van der Waals surface area contributed by atoms with Crippen LogP contribution in [0.1, 0.15) is 0 Å². The Morgan fingerprint density at radius 3 is 1.14 bits per heavy atom. The first-order chi connectivity index (χ1) is 24.8. The highest BCUT2D eigenvalue weighted by molar-refractivity contribution is 5.97. The van der Waals surface area contributed by atoms with Gasteiger partial charge in [-0.25, -0.2) is 15.0 Å². The van der Waals surface area contributed by atoms with Gasteiger partial charge in [-0.15, -0.1) is 0 Å². The third-order valence-corrected chi connectivity index (χ3v) is 9.30. The minimum Gasteiger partial charge on any atom is -0.208 e. The molecule has 1 aromatic heterocycles. The fourth-order valence-electron chi connectivity index (χ4n) is 6.81. The first-order valence-electron chi connectivity index (χ1n) is 16.9. The molecule has 0 aliphatic rings. The number of rotatable bonds is 6. The van der Waals surface area contributed by atoms with E-state index in [1.165, 1.54) is 22.3 Å². The van der Waals surface area contributed by atoms with Crippen molar-refractivity contribution in [2.24, 2.45) is 0 Å². The van der Waals surface area contributed by atoms with Gasteiger partial charge in [0.25, 0.3) is 0 Å². The second-order valence-electron chi connectivity index (χ2n) is 12.5. The van der Waals surface area contributed by atoms with E-state index in [1.807, 2.05) is 0 Å². The zero-order valence-corrected chi connectivity index (χ0v) is 27.2. The van der Waals surface area contributed by atoms with Crippen molar-refractivity contribution in [3.8, 4) is 67.5 Å². The van der Waals surface area contributed by atoms with Crippen LogP contribution in [0.4, 0.5) is 0 Å². The molecule has 0 spiro atoms. The molecule has 0 N–H and O–H groups in total. The number of benzene rings is 8. The molecule has 0 aliphatic heterocycles. The Hall–Kier alpha value is -6.71. The minimum atomic E-state index is 0.634. The van der Waals surface area contributed by atoms with Crippen LogP contribution < -0.4 is 0 Å². The van der Waals surface area contributed by atoms with Crippen LogP contribution in [0, 0.1) is 0 Å². The van der Waals surface area contributed by atoms with Gasteiger partial charge in [-0.05, 0) is 79.2 Å². The SMILES string of the molecule is c1ccc(-c2cc(-c3ccccc3)cc(-c3cccc(-c4nc(-c5cccc6ccccc56)nc(-c5cccc6ccccc56)n4)c3)c2)cc1. The molecule has 9 aromatic rings. The van der Waals surface area contributed by atoms with Crippen molar-refractivity contribution in [3.05, 3.63) is 188 Å². The lowest BCUT2D eigenvalue weighted by atomic mass is 9.93. The summed E-state index contributed by atoms with van der Waals surface area (Å²) < 4.78 is 0. The van der Waals surface area contributed by atoms with E-state index in [4.69, 9.17) is 15.0 Å². The van der Waals surface area contributed by atoms with E-state index in [0.717, 1.165) is 49.4 Å². The maximum atomic E-state index is 5.17. The topological polar surface area (TPSA) is 38.7 Å². The first-order valence-corrected chi connectivity index (χ1v) is 16.9. The monoisotopic (exact) mass is 637 g/mol. The summed E-state index contributed by atoms with van der Waals surface area (Å²) in [4.78, 5) is 15.5. The highest BCUT2D eigenvalue weighted by atomic mass is 15.0. The molecule has 8 aromatic carbocycles. The van der Waals surface area contributed by atoms with Crippen molar-refractivity contribution in [2.45, 2.75) is 0 Å². The Kier molecular flexibility index (Phi) is 7.49. The molecule has 0 saturated carbocycles. The highest BCUT2D eigenvalue weighted by Gasteiger charge is 2.16. The summed E-state index contributed by atoms with van der Waals surface area (Å²) in [6.07, 6.45) is 0. The number of hydrogen-bond acceptors (Lipinski definition) is 3. The Labute approximate surface area is 291 Å². The molecule has 50 heavy (non-hydrogen) atoms. The Bertz CT molecular complexity index is 2480. The predicted molar refractivity (Wildman–Crippen MR) is 207 cm³/mol. The fraction of sp³-hybridized carbons (Fsp3) is 0. The maximum absolute atomic E-state index is 5.17. The van der Waals surface area contributed by atoms with Crippen molar-refractivity contribution in [2.75, 3.05) is 0 Å². The van der Waals surface area contributed by atoms with Crippen LogP contribution in [0.5, 0.6) is 0 Å². The quantitative estimate of drug-likeness (QED) is 0.182. The molecule has 0 atom stereocenters. The van der Waals surface area contributed by atoms with E-state index >= 15 is 0 Å². The molecule has 0 saturated heterocycles. The Morgan fingerprint density at radius 1 is 0.240 bits per heavy atom. The number of fused-ring (bicyclic) bond motifs is 2. The number of aromatic nitrogens is 3. The average Bonchev–Trinajstić information content (AvgIpc) is 3.21. The molecule has 3 nitrogen and oxygen atoms in total. The van der Waals surface area contributed by atoms with Gasteiger partial charge in [0.05, 0.1) is 0 Å². The van der Waals surface area contributed by atoms with E-state index in [9.17, 15) is 0 Å². The Balaban J connectivity index is 1.24. The second kappa shape index (κ2) is 12.7. The van der Waals surface area contributed by atoms with Crippen LogP contribution in [0.3, 0.4) is 0 Å². The molecule has 0 radical (unpaired) electrons. The van der Waals surface area contributed by atoms with Crippen molar-refractivity contribution in [3.63, 3.8) is 0 Å². The van der Waals surface area contributed by atoms with Crippen molar-refractivity contribution < 1.29 is 0 Å². The zero-order chi connectivity index (χ0) is 33.3. The molecule has 0 unspecified atom stereocenters. The molecule has 0 bridgehead atoms. The van der Waals surface area contributed by atoms with Crippen molar-refractivity contribution >= 4 is 21.5 Å². The summed E-state index contributed by atoms with van der Waals surface area (Å²) in [5.74, 6) is 1.94. The third kappa shape index (κ3) is 5.61. The van der Waals surface area contributed by atoms with Crippen LogP contribution in [-0.2, 0) is 0 Å². The molecule has 0 amide bonds. The lowest BCUT2D eigenvalue weighted by Crippen LogP contribution is -2.01. The molecule has 9 rings (SSSR count). The summed E-state index contributed by atoms with van der Waals surface area (Å²) in [5, 5.41) is 4.51. The van der Waals surface area contributed by atoms with Gasteiger partial charge in [0.15, 0.2) is 17.5 Å². The van der Waals surface area contributed by atoms with Gasteiger partial charge in [-0.2, -0.15) is 0 Å². The summed E-state index contributed by atoms with van der Waals surface area (Å²) in [7, 11) is 0. The van der Waals surface area contributed by atoms with Crippen molar-refractivity contribution in [1.82, 2.24) is 15.0 Å². The first kappa shape index (κ1) is 29.4. The van der Waals surface area contributed by atoms with E-state index in [2.05, 4.69) is 188 Å². The average molecular weight is 638 g/mol. The normalized spacial score (nSPS) is 11.2. The summed E-state index contributed by atoms with van der Waals surface area (Å²) >= 11 is 0. The zero-order valence-electron chi connectivity index (χ0n) is 27.2. The summed E-state index contributed by atoms with van der Waals surface area (Å²) in [6, 6.07) is 65.9. The smallest absolute Gasteiger partial charge is 0.164 e. The van der Waals surface area contributed by atoms with E-state index in [0.29, 0.717) is 17.5 Å². The van der Waals surface area contributed by atoms with Crippen molar-refractivity contribution in [1.29, 1.82) is 0 Å². The van der Waals surface area contributed by atoms with Gasteiger partial charge in [0, 0.05) is 16.7 Å². The molecule has 234 valence electrons. The maximum Gasteiger partial charge on any atom is 0.164 e. The number of hydrogen-bond donors (Lipinski definition) is 0. The predicted octanol–water partition coefficient (Wildman–Crippen LogP) is 12.2. The van der Waals surface area contributed by atoms with Gasteiger partial charge >= 0.3 is 0 Å².